The van der Waals surface area contributed by atoms with Crippen molar-refractivity contribution in [1.82, 2.24) is 0 Å². The van der Waals surface area contributed by atoms with Crippen molar-refractivity contribution in [2.45, 2.75) is 26.2 Å². The molecule has 0 radical (unpaired) electrons. The number of anilines is 1. The SMILES string of the molecule is CN(C)c1ccc(C(C)(C)C)cc1. The zero-order valence-electron chi connectivity index (χ0n) is 9.26. The molecule has 0 saturated carbocycles. The van der Waals surface area contributed by atoms with Crippen molar-refractivity contribution in [3.8, 4) is 0 Å². The monoisotopic (exact) mass is 177 g/mol. The van der Waals surface area contributed by atoms with E-state index in [0.29, 0.717) is 0 Å². The molecule has 1 heteroatoms. The van der Waals surface area contributed by atoms with Crippen LogP contribution in [0.1, 0.15) is 26.3 Å². The van der Waals surface area contributed by atoms with E-state index in [1.165, 1.54) is 11.3 Å². The first-order chi connectivity index (χ1) is 5.91. The fourth-order valence-electron chi connectivity index (χ4n) is 1.26. The van der Waals surface area contributed by atoms with Crippen LogP contribution < -0.4 is 4.90 Å². The molecule has 0 aliphatic heterocycles. The van der Waals surface area contributed by atoms with Gasteiger partial charge in [-0.2, -0.15) is 0 Å². The lowest BCUT2D eigenvalue weighted by molar-refractivity contribution is 0.590. The number of rotatable bonds is 1. The molecule has 13 heavy (non-hydrogen) atoms. The highest BCUT2D eigenvalue weighted by atomic mass is 15.1. The Morgan fingerprint density at radius 1 is 0.923 bits per heavy atom. The second-order valence-electron chi connectivity index (χ2n) is 4.69. The highest BCUT2D eigenvalue weighted by Crippen LogP contribution is 2.23. The maximum atomic E-state index is 2.23. The lowest BCUT2D eigenvalue weighted by Crippen LogP contribution is -2.12. The second kappa shape index (κ2) is 3.41. The van der Waals surface area contributed by atoms with Crippen LogP contribution in [-0.4, -0.2) is 14.1 Å². The molecule has 1 rings (SSSR count). The van der Waals surface area contributed by atoms with Gasteiger partial charge in [0, 0.05) is 19.8 Å². The largest absolute Gasteiger partial charge is 0.378 e. The number of nitrogens with zero attached hydrogens (tertiary/aromatic N) is 1. The smallest absolute Gasteiger partial charge is 0.0361 e. The van der Waals surface area contributed by atoms with Gasteiger partial charge in [0.05, 0.1) is 0 Å². The van der Waals surface area contributed by atoms with Gasteiger partial charge in [-0.05, 0) is 23.1 Å². The molecular formula is C12H19N. The van der Waals surface area contributed by atoms with Crippen LogP contribution in [0, 0.1) is 0 Å². The van der Waals surface area contributed by atoms with Gasteiger partial charge in [0.1, 0.15) is 0 Å². The molecule has 1 aromatic carbocycles. The first-order valence-corrected chi connectivity index (χ1v) is 4.69. The van der Waals surface area contributed by atoms with Gasteiger partial charge in [0.2, 0.25) is 0 Å². The summed E-state index contributed by atoms with van der Waals surface area (Å²) in [4.78, 5) is 2.12. The van der Waals surface area contributed by atoms with Crippen molar-refractivity contribution in [2.24, 2.45) is 0 Å². The summed E-state index contributed by atoms with van der Waals surface area (Å²) in [7, 11) is 4.12. The molecule has 0 spiro atoms. The van der Waals surface area contributed by atoms with E-state index in [1.54, 1.807) is 0 Å². The van der Waals surface area contributed by atoms with E-state index < -0.39 is 0 Å². The van der Waals surface area contributed by atoms with Crippen LogP contribution in [0.2, 0.25) is 0 Å². The number of hydrogen-bond acceptors (Lipinski definition) is 1. The van der Waals surface area contributed by atoms with Crippen LogP contribution in [0.15, 0.2) is 24.3 Å². The van der Waals surface area contributed by atoms with Gasteiger partial charge < -0.3 is 4.90 Å². The van der Waals surface area contributed by atoms with Gasteiger partial charge in [0.15, 0.2) is 0 Å². The molecule has 0 bridgehead atoms. The number of benzene rings is 1. The van der Waals surface area contributed by atoms with E-state index in [1.807, 2.05) is 0 Å². The van der Waals surface area contributed by atoms with Crippen molar-refractivity contribution in [3.05, 3.63) is 29.8 Å². The summed E-state index contributed by atoms with van der Waals surface area (Å²) < 4.78 is 0. The van der Waals surface area contributed by atoms with E-state index >= 15 is 0 Å². The summed E-state index contributed by atoms with van der Waals surface area (Å²) in [5.41, 5.74) is 2.90. The predicted molar refractivity (Wildman–Crippen MR) is 59.5 cm³/mol. The normalized spacial score (nSPS) is 11.5. The fourth-order valence-corrected chi connectivity index (χ4v) is 1.26. The zero-order chi connectivity index (χ0) is 10.1. The molecule has 1 nitrogen and oxygen atoms in total. The minimum atomic E-state index is 0.255. The van der Waals surface area contributed by atoms with Crippen molar-refractivity contribution in [1.29, 1.82) is 0 Å². The summed E-state index contributed by atoms with van der Waals surface area (Å²) >= 11 is 0. The van der Waals surface area contributed by atoms with Crippen molar-refractivity contribution in [3.63, 3.8) is 0 Å². The first kappa shape index (κ1) is 10.1. The molecule has 0 heterocycles. The third-order valence-corrected chi connectivity index (χ3v) is 2.25. The Balaban J connectivity index is 2.94. The maximum absolute atomic E-state index is 2.23. The van der Waals surface area contributed by atoms with Crippen LogP contribution in [-0.2, 0) is 5.41 Å². The van der Waals surface area contributed by atoms with E-state index in [9.17, 15) is 0 Å². The van der Waals surface area contributed by atoms with Gasteiger partial charge in [-0.3, -0.25) is 0 Å². The molecule has 72 valence electrons. The summed E-state index contributed by atoms with van der Waals surface area (Å²) in [5.74, 6) is 0. The van der Waals surface area contributed by atoms with Gasteiger partial charge in [-0.1, -0.05) is 32.9 Å². The Morgan fingerprint density at radius 2 is 1.38 bits per heavy atom. The summed E-state index contributed by atoms with van der Waals surface area (Å²) in [5, 5.41) is 0. The molecule has 0 unspecified atom stereocenters. The summed E-state index contributed by atoms with van der Waals surface area (Å²) in [6, 6.07) is 8.74. The highest BCUT2D eigenvalue weighted by Gasteiger charge is 2.12. The van der Waals surface area contributed by atoms with Gasteiger partial charge in [0.25, 0.3) is 0 Å². The minimum absolute atomic E-state index is 0.255. The topological polar surface area (TPSA) is 3.24 Å². The molecule has 0 amide bonds. The Labute approximate surface area is 81.4 Å². The third kappa shape index (κ3) is 2.48. The maximum Gasteiger partial charge on any atom is 0.0361 e. The molecule has 0 fully saturated rings. The number of hydrogen-bond donors (Lipinski definition) is 0. The van der Waals surface area contributed by atoms with Crippen molar-refractivity contribution >= 4 is 5.69 Å². The first-order valence-electron chi connectivity index (χ1n) is 4.69. The Morgan fingerprint density at radius 3 is 1.69 bits per heavy atom. The minimum Gasteiger partial charge on any atom is -0.378 e. The molecule has 0 saturated heterocycles. The zero-order valence-corrected chi connectivity index (χ0v) is 9.26. The van der Waals surface area contributed by atoms with Gasteiger partial charge in [-0.15, -0.1) is 0 Å². The molecule has 0 N–H and O–H groups in total. The molecular weight excluding hydrogens is 158 g/mol. The lowest BCUT2D eigenvalue weighted by Gasteiger charge is -2.20. The summed E-state index contributed by atoms with van der Waals surface area (Å²) in [6.45, 7) is 6.70. The van der Waals surface area contributed by atoms with Crippen molar-refractivity contribution < 1.29 is 0 Å². The quantitative estimate of drug-likeness (QED) is 0.637. The van der Waals surface area contributed by atoms with Crippen molar-refractivity contribution in [2.75, 3.05) is 19.0 Å². The highest BCUT2D eigenvalue weighted by molar-refractivity contribution is 5.47. The Bertz CT molecular complexity index is 264. The van der Waals surface area contributed by atoms with E-state index in [-0.39, 0.29) is 5.41 Å². The van der Waals surface area contributed by atoms with Crippen LogP contribution >= 0.6 is 0 Å². The van der Waals surface area contributed by atoms with Crippen LogP contribution in [0.3, 0.4) is 0 Å². The van der Waals surface area contributed by atoms with Gasteiger partial charge >= 0.3 is 0 Å². The Hall–Kier alpha value is -0.980. The average Bonchev–Trinajstić information content (AvgIpc) is 2.03. The predicted octanol–water partition coefficient (Wildman–Crippen LogP) is 3.05. The van der Waals surface area contributed by atoms with Crippen LogP contribution in [0.4, 0.5) is 5.69 Å². The van der Waals surface area contributed by atoms with Crippen LogP contribution in [0.5, 0.6) is 0 Å². The summed E-state index contributed by atoms with van der Waals surface area (Å²) in [6.07, 6.45) is 0. The molecule has 0 aliphatic carbocycles. The second-order valence-corrected chi connectivity index (χ2v) is 4.69. The molecule has 0 atom stereocenters. The van der Waals surface area contributed by atoms with Gasteiger partial charge in [-0.25, -0.2) is 0 Å². The third-order valence-electron chi connectivity index (χ3n) is 2.25. The van der Waals surface area contributed by atoms with E-state index in [4.69, 9.17) is 0 Å². The fraction of sp³-hybridized carbons (Fsp3) is 0.500. The standard InChI is InChI=1S/C12H19N/c1-12(2,3)10-6-8-11(9-7-10)13(4)5/h6-9H,1-5H3. The van der Waals surface area contributed by atoms with E-state index in [2.05, 4.69) is 64.0 Å². The molecule has 0 aromatic heterocycles. The molecule has 1 aromatic rings. The van der Waals surface area contributed by atoms with Crippen LogP contribution in [0.25, 0.3) is 0 Å². The molecule has 0 aliphatic rings. The lowest BCUT2D eigenvalue weighted by atomic mass is 9.87. The Kier molecular flexibility index (Phi) is 2.65. The van der Waals surface area contributed by atoms with E-state index in [0.717, 1.165) is 0 Å². The average molecular weight is 177 g/mol.